The highest BCUT2D eigenvalue weighted by Crippen LogP contribution is 2.28. The highest BCUT2D eigenvalue weighted by Gasteiger charge is 2.15. The molecule has 2 aromatic heterocycles. The first-order valence-electron chi connectivity index (χ1n) is 9.14. The average molecular weight is 361 g/mol. The molecule has 3 rings (SSSR count). The smallest absolute Gasteiger partial charge is 0.225 e. The Kier molecular flexibility index (Phi) is 5.13. The van der Waals surface area contributed by atoms with Crippen LogP contribution in [0.4, 0.5) is 17.5 Å². The van der Waals surface area contributed by atoms with Crippen molar-refractivity contribution in [3.8, 4) is 11.3 Å². The van der Waals surface area contributed by atoms with Crippen LogP contribution in [0.2, 0.25) is 0 Å². The lowest BCUT2D eigenvalue weighted by molar-refractivity contribution is 0.626. The van der Waals surface area contributed by atoms with E-state index in [4.69, 9.17) is 4.98 Å². The van der Waals surface area contributed by atoms with Crippen molar-refractivity contribution in [1.29, 1.82) is 0 Å². The topological polar surface area (TPSA) is 62.7 Å². The van der Waals surface area contributed by atoms with Crippen LogP contribution in [0.25, 0.3) is 11.3 Å². The van der Waals surface area contributed by atoms with E-state index in [1.54, 1.807) is 6.20 Å². The first-order chi connectivity index (χ1) is 12.7. The Bertz CT molecular complexity index is 920. The molecule has 0 saturated heterocycles. The molecule has 0 unspecified atom stereocenters. The lowest BCUT2D eigenvalue weighted by atomic mass is 10.1. The Labute approximate surface area is 161 Å². The lowest BCUT2D eigenvalue weighted by Crippen LogP contribution is -2.27. The Morgan fingerprint density at radius 3 is 2.22 bits per heavy atom. The van der Waals surface area contributed by atoms with Crippen molar-refractivity contribution in [2.24, 2.45) is 0 Å². The molecule has 5 heteroatoms. The van der Waals surface area contributed by atoms with Crippen LogP contribution in [-0.2, 0) is 0 Å². The Morgan fingerprint density at radius 2 is 1.63 bits per heavy atom. The van der Waals surface area contributed by atoms with E-state index >= 15 is 0 Å². The molecule has 0 aliphatic carbocycles. The Morgan fingerprint density at radius 1 is 0.926 bits per heavy atom. The molecule has 1 aromatic carbocycles. The average Bonchev–Trinajstić information content (AvgIpc) is 2.57. The van der Waals surface area contributed by atoms with Crippen LogP contribution in [0, 0.1) is 20.8 Å². The van der Waals surface area contributed by atoms with Gasteiger partial charge in [-0.25, -0.2) is 4.98 Å². The second-order valence-electron chi connectivity index (χ2n) is 7.98. The van der Waals surface area contributed by atoms with E-state index in [0.29, 0.717) is 5.95 Å². The van der Waals surface area contributed by atoms with Gasteiger partial charge in [0.1, 0.15) is 5.82 Å². The van der Waals surface area contributed by atoms with Gasteiger partial charge in [0.15, 0.2) is 0 Å². The molecule has 140 valence electrons. The van der Waals surface area contributed by atoms with Crippen LogP contribution in [0.1, 0.15) is 37.5 Å². The molecule has 0 spiro atoms. The predicted molar refractivity (Wildman–Crippen MR) is 113 cm³/mol. The highest BCUT2D eigenvalue weighted by atomic mass is 15.2. The summed E-state index contributed by atoms with van der Waals surface area (Å²) in [6.07, 6.45) is 3.58. The molecule has 0 aliphatic rings. The first-order valence-corrected chi connectivity index (χ1v) is 9.14. The minimum Gasteiger partial charge on any atom is -0.350 e. The molecular weight excluding hydrogens is 334 g/mol. The molecule has 5 nitrogen and oxygen atoms in total. The molecular formula is C22H27N5. The van der Waals surface area contributed by atoms with E-state index in [1.807, 2.05) is 24.4 Å². The number of pyridine rings is 1. The molecule has 2 N–H and O–H groups in total. The second-order valence-corrected chi connectivity index (χ2v) is 7.98. The van der Waals surface area contributed by atoms with Crippen LogP contribution >= 0.6 is 0 Å². The van der Waals surface area contributed by atoms with Gasteiger partial charge in [-0.3, -0.25) is 4.98 Å². The number of nitrogens with one attached hydrogen (secondary N) is 2. The van der Waals surface area contributed by atoms with Crippen molar-refractivity contribution in [2.45, 2.75) is 47.1 Å². The molecule has 27 heavy (non-hydrogen) atoms. The molecule has 3 aromatic rings. The molecule has 0 bridgehead atoms. The van der Waals surface area contributed by atoms with Crippen LogP contribution < -0.4 is 10.6 Å². The van der Waals surface area contributed by atoms with Crippen molar-refractivity contribution < 1.29 is 0 Å². The largest absolute Gasteiger partial charge is 0.350 e. The van der Waals surface area contributed by atoms with Gasteiger partial charge >= 0.3 is 0 Å². The van der Waals surface area contributed by atoms with Gasteiger partial charge in [-0.2, -0.15) is 4.98 Å². The maximum Gasteiger partial charge on any atom is 0.225 e. The van der Waals surface area contributed by atoms with Crippen LogP contribution in [-0.4, -0.2) is 20.5 Å². The summed E-state index contributed by atoms with van der Waals surface area (Å²) in [5, 5.41) is 6.87. The van der Waals surface area contributed by atoms with Gasteiger partial charge in [0.2, 0.25) is 5.95 Å². The van der Waals surface area contributed by atoms with Crippen molar-refractivity contribution in [2.75, 3.05) is 10.6 Å². The van der Waals surface area contributed by atoms with Crippen LogP contribution in [0.3, 0.4) is 0 Å². The summed E-state index contributed by atoms with van der Waals surface area (Å²) in [5.74, 6) is 1.35. The first kappa shape index (κ1) is 18.8. The van der Waals surface area contributed by atoms with E-state index in [9.17, 15) is 0 Å². The summed E-state index contributed by atoms with van der Waals surface area (Å²) in [6.45, 7) is 12.6. The zero-order chi connectivity index (χ0) is 19.6. The van der Waals surface area contributed by atoms with Gasteiger partial charge < -0.3 is 10.6 Å². The SMILES string of the molecule is Cc1cc(C)c(Nc2cc(-c3cccnc3)nc(NC(C)(C)C)n2)c(C)c1. The third kappa shape index (κ3) is 4.82. The zero-order valence-electron chi connectivity index (χ0n) is 16.9. The fraction of sp³-hybridized carbons (Fsp3) is 0.318. The Balaban J connectivity index is 2.05. The summed E-state index contributed by atoms with van der Waals surface area (Å²) in [7, 11) is 0. The summed E-state index contributed by atoms with van der Waals surface area (Å²) >= 11 is 0. The molecule has 0 saturated carbocycles. The molecule has 0 amide bonds. The van der Waals surface area contributed by atoms with E-state index in [1.165, 1.54) is 16.7 Å². The standard InChI is InChI=1S/C22H27N5/c1-14-10-15(2)20(16(3)11-14)25-19-12-18(17-8-7-9-23-13-17)24-21(26-19)27-22(4,5)6/h7-13H,1-6H3,(H2,24,25,26,27). The quantitative estimate of drug-likeness (QED) is 0.650. The van der Waals surface area contributed by atoms with Gasteiger partial charge in [0, 0.05) is 35.2 Å². The van der Waals surface area contributed by atoms with E-state index < -0.39 is 0 Å². The number of hydrogen-bond donors (Lipinski definition) is 2. The molecule has 0 fully saturated rings. The van der Waals surface area contributed by atoms with Gasteiger partial charge in [-0.15, -0.1) is 0 Å². The van der Waals surface area contributed by atoms with Crippen LogP contribution in [0.5, 0.6) is 0 Å². The van der Waals surface area contributed by atoms with Crippen molar-refractivity contribution >= 4 is 17.5 Å². The zero-order valence-corrected chi connectivity index (χ0v) is 16.9. The second kappa shape index (κ2) is 7.35. The summed E-state index contributed by atoms with van der Waals surface area (Å²) in [6, 6.07) is 10.2. The maximum absolute atomic E-state index is 4.69. The monoisotopic (exact) mass is 361 g/mol. The fourth-order valence-electron chi connectivity index (χ4n) is 3.07. The van der Waals surface area contributed by atoms with Crippen molar-refractivity contribution in [3.63, 3.8) is 0 Å². The molecule has 0 aliphatic heterocycles. The summed E-state index contributed by atoms with van der Waals surface area (Å²) < 4.78 is 0. The fourth-order valence-corrected chi connectivity index (χ4v) is 3.07. The van der Waals surface area contributed by atoms with Gasteiger partial charge in [-0.05, 0) is 64.8 Å². The maximum atomic E-state index is 4.69. The summed E-state index contributed by atoms with van der Waals surface area (Å²) in [5.41, 5.74) is 6.37. The number of rotatable bonds is 4. The van der Waals surface area contributed by atoms with Gasteiger partial charge in [0.25, 0.3) is 0 Å². The number of hydrogen-bond acceptors (Lipinski definition) is 5. The minimum absolute atomic E-state index is 0.138. The van der Waals surface area contributed by atoms with E-state index in [2.05, 4.69) is 74.3 Å². The van der Waals surface area contributed by atoms with E-state index in [-0.39, 0.29) is 5.54 Å². The highest BCUT2D eigenvalue weighted by molar-refractivity contribution is 5.70. The molecule has 0 radical (unpaired) electrons. The van der Waals surface area contributed by atoms with Gasteiger partial charge in [-0.1, -0.05) is 17.7 Å². The minimum atomic E-state index is -0.138. The van der Waals surface area contributed by atoms with Crippen LogP contribution in [0.15, 0.2) is 42.7 Å². The van der Waals surface area contributed by atoms with Crippen molar-refractivity contribution in [1.82, 2.24) is 15.0 Å². The number of benzene rings is 1. The van der Waals surface area contributed by atoms with E-state index in [0.717, 1.165) is 22.8 Å². The normalized spacial score (nSPS) is 11.3. The molecule has 2 heterocycles. The molecule has 0 atom stereocenters. The number of nitrogens with zero attached hydrogens (tertiary/aromatic N) is 3. The Hall–Kier alpha value is -2.95. The number of anilines is 3. The third-order valence-corrected chi connectivity index (χ3v) is 4.10. The van der Waals surface area contributed by atoms with Crippen molar-refractivity contribution in [3.05, 3.63) is 59.4 Å². The van der Waals surface area contributed by atoms with Gasteiger partial charge in [0.05, 0.1) is 5.69 Å². The summed E-state index contributed by atoms with van der Waals surface area (Å²) in [4.78, 5) is 13.6. The predicted octanol–water partition coefficient (Wildman–Crippen LogP) is 5.42. The third-order valence-electron chi connectivity index (χ3n) is 4.10. The lowest BCUT2D eigenvalue weighted by Gasteiger charge is -2.22. The number of aryl methyl sites for hydroxylation is 3. The number of aromatic nitrogens is 3.